The summed E-state index contributed by atoms with van der Waals surface area (Å²) in [6.07, 6.45) is 0. The first kappa shape index (κ1) is 9.19. The third-order valence-corrected chi connectivity index (χ3v) is 2.11. The number of aryl methyl sites for hydroxylation is 2. The standard InChI is InChI=1S/C8H10O3S/c1-4-3-6(5(2)11-4)7(12)8(9)10/h3,7,12H,1-2H3,(H,9,10). The molecule has 1 rings (SSSR count). The van der Waals surface area contributed by atoms with Crippen LogP contribution in [-0.2, 0) is 4.79 Å². The molecule has 4 heteroatoms. The number of carbonyl (C=O) groups is 1. The second kappa shape index (κ2) is 3.23. The van der Waals surface area contributed by atoms with E-state index in [4.69, 9.17) is 9.52 Å². The van der Waals surface area contributed by atoms with Crippen LogP contribution in [0.1, 0.15) is 22.3 Å². The lowest BCUT2D eigenvalue weighted by atomic mass is 10.2. The van der Waals surface area contributed by atoms with Gasteiger partial charge in [-0.1, -0.05) is 0 Å². The van der Waals surface area contributed by atoms with Gasteiger partial charge in [-0.2, -0.15) is 12.6 Å². The second-order valence-electron chi connectivity index (χ2n) is 2.61. The molecule has 0 aliphatic rings. The van der Waals surface area contributed by atoms with Crippen LogP contribution in [0.3, 0.4) is 0 Å². The summed E-state index contributed by atoms with van der Waals surface area (Å²) in [5, 5.41) is 7.86. The highest BCUT2D eigenvalue weighted by atomic mass is 32.1. The first-order valence-corrected chi connectivity index (χ1v) is 4.02. The monoisotopic (exact) mass is 186 g/mol. The maximum absolute atomic E-state index is 10.5. The van der Waals surface area contributed by atoms with Gasteiger partial charge in [-0.3, -0.25) is 4.79 Å². The topological polar surface area (TPSA) is 50.4 Å². The largest absolute Gasteiger partial charge is 0.480 e. The summed E-state index contributed by atoms with van der Waals surface area (Å²) >= 11 is 3.94. The SMILES string of the molecule is Cc1cc(C(S)C(=O)O)c(C)o1. The van der Waals surface area contributed by atoms with Crippen LogP contribution in [0.25, 0.3) is 0 Å². The summed E-state index contributed by atoms with van der Waals surface area (Å²) in [7, 11) is 0. The molecule has 0 amide bonds. The van der Waals surface area contributed by atoms with E-state index in [-0.39, 0.29) is 0 Å². The average Bonchev–Trinajstić information content (AvgIpc) is 2.28. The van der Waals surface area contributed by atoms with Gasteiger partial charge in [-0.15, -0.1) is 0 Å². The zero-order valence-electron chi connectivity index (χ0n) is 6.87. The van der Waals surface area contributed by atoms with E-state index in [1.807, 2.05) is 0 Å². The molecule has 0 aliphatic carbocycles. The van der Waals surface area contributed by atoms with Crippen molar-refractivity contribution in [2.24, 2.45) is 0 Å². The Bertz CT molecular complexity index is 303. The predicted octanol–water partition coefficient (Wildman–Crippen LogP) is 1.95. The molecule has 66 valence electrons. The van der Waals surface area contributed by atoms with Gasteiger partial charge in [-0.05, 0) is 19.9 Å². The first-order valence-electron chi connectivity index (χ1n) is 3.50. The van der Waals surface area contributed by atoms with Crippen molar-refractivity contribution in [2.75, 3.05) is 0 Å². The van der Waals surface area contributed by atoms with E-state index in [0.717, 1.165) is 0 Å². The van der Waals surface area contributed by atoms with Crippen molar-refractivity contribution >= 4 is 18.6 Å². The number of thiol groups is 1. The minimum Gasteiger partial charge on any atom is -0.480 e. The van der Waals surface area contributed by atoms with Crippen molar-refractivity contribution in [3.05, 3.63) is 23.2 Å². The summed E-state index contributed by atoms with van der Waals surface area (Å²) in [6, 6.07) is 1.70. The molecule has 1 atom stereocenters. The van der Waals surface area contributed by atoms with Crippen LogP contribution in [0.4, 0.5) is 0 Å². The van der Waals surface area contributed by atoms with Gasteiger partial charge in [0.1, 0.15) is 16.8 Å². The Morgan fingerprint density at radius 3 is 2.58 bits per heavy atom. The van der Waals surface area contributed by atoms with Gasteiger partial charge in [0.25, 0.3) is 0 Å². The average molecular weight is 186 g/mol. The molecule has 1 N–H and O–H groups in total. The summed E-state index contributed by atoms with van der Waals surface area (Å²) in [6.45, 7) is 3.51. The molecule has 0 saturated heterocycles. The zero-order chi connectivity index (χ0) is 9.30. The maximum atomic E-state index is 10.5. The Kier molecular flexibility index (Phi) is 2.47. The van der Waals surface area contributed by atoms with E-state index in [0.29, 0.717) is 17.1 Å². The second-order valence-corrected chi connectivity index (χ2v) is 3.13. The highest BCUT2D eigenvalue weighted by Crippen LogP contribution is 2.26. The number of furan rings is 1. The van der Waals surface area contributed by atoms with Gasteiger partial charge >= 0.3 is 5.97 Å². The Morgan fingerprint density at radius 1 is 1.67 bits per heavy atom. The van der Waals surface area contributed by atoms with Crippen molar-refractivity contribution in [1.29, 1.82) is 0 Å². The minimum atomic E-state index is -0.956. The normalized spacial score (nSPS) is 12.9. The third-order valence-electron chi connectivity index (χ3n) is 1.61. The molecular formula is C8H10O3S. The van der Waals surface area contributed by atoms with Gasteiger partial charge in [0.15, 0.2) is 0 Å². The van der Waals surface area contributed by atoms with Crippen LogP contribution in [0.15, 0.2) is 10.5 Å². The van der Waals surface area contributed by atoms with E-state index in [1.165, 1.54) is 0 Å². The van der Waals surface area contributed by atoms with Crippen molar-refractivity contribution in [2.45, 2.75) is 19.1 Å². The molecule has 1 aromatic rings. The number of hydrogen-bond acceptors (Lipinski definition) is 3. The fourth-order valence-corrected chi connectivity index (χ4v) is 1.31. The molecule has 0 spiro atoms. The van der Waals surface area contributed by atoms with Gasteiger partial charge in [-0.25, -0.2) is 0 Å². The molecule has 3 nitrogen and oxygen atoms in total. The lowest BCUT2D eigenvalue weighted by Crippen LogP contribution is -2.04. The minimum absolute atomic E-state index is 0.620. The molecule has 1 aromatic heterocycles. The van der Waals surface area contributed by atoms with E-state index in [2.05, 4.69) is 12.6 Å². The Morgan fingerprint density at radius 2 is 2.25 bits per heavy atom. The molecule has 12 heavy (non-hydrogen) atoms. The van der Waals surface area contributed by atoms with Crippen LogP contribution in [0, 0.1) is 13.8 Å². The fourth-order valence-electron chi connectivity index (χ4n) is 1.05. The smallest absolute Gasteiger partial charge is 0.321 e. The molecule has 1 heterocycles. The number of rotatable bonds is 2. The molecule has 0 radical (unpaired) electrons. The first-order chi connectivity index (χ1) is 5.52. The Balaban J connectivity index is 3.02. The van der Waals surface area contributed by atoms with E-state index >= 15 is 0 Å². The zero-order valence-corrected chi connectivity index (χ0v) is 7.76. The summed E-state index contributed by atoms with van der Waals surface area (Å²) in [5.74, 6) is 0.375. The number of carboxylic acid groups (broad SMARTS) is 1. The highest BCUT2D eigenvalue weighted by molar-refractivity contribution is 7.81. The van der Waals surface area contributed by atoms with Gasteiger partial charge < -0.3 is 9.52 Å². The van der Waals surface area contributed by atoms with Crippen molar-refractivity contribution in [3.8, 4) is 0 Å². The molecule has 0 saturated carbocycles. The molecule has 0 bridgehead atoms. The van der Waals surface area contributed by atoms with Crippen LogP contribution < -0.4 is 0 Å². The lowest BCUT2D eigenvalue weighted by molar-refractivity contribution is -0.136. The lowest BCUT2D eigenvalue weighted by Gasteiger charge is -2.01. The number of aliphatic carboxylic acids is 1. The van der Waals surface area contributed by atoms with E-state index < -0.39 is 11.2 Å². The Hall–Kier alpha value is -0.900. The molecular weight excluding hydrogens is 176 g/mol. The van der Waals surface area contributed by atoms with Gasteiger partial charge in [0.05, 0.1) is 0 Å². The van der Waals surface area contributed by atoms with E-state index in [1.54, 1.807) is 19.9 Å². The highest BCUT2D eigenvalue weighted by Gasteiger charge is 2.19. The number of hydrogen-bond donors (Lipinski definition) is 2. The van der Waals surface area contributed by atoms with Crippen molar-refractivity contribution in [3.63, 3.8) is 0 Å². The van der Waals surface area contributed by atoms with Gasteiger partial charge in [0, 0.05) is 5.56 Å². The summed E-state index contributed by atoms with van der Waals surface area (Å²) < 4.78 is 5.17. The Labute approximate surface area is 75.8 Å². The summed E-state index contributed by atoms with van der Waals surface area (Å²) in [4.78, 5) is 10.5. The fraction of sp³-hybridized carbons (Fsp3) is 0.375. The molecule has 0 aliphatic heterocycles. The molecule has 0 aromatic carbocycles. The molecule has 1 unspecified atom stereocenters. The van der Waals surface area contributed by atoms with Crippen LogP contribution in [0.5, 0.6) is 0 Å². The quantitative estimate of drug-likeness (QED) is 0.694. The molecule has 0 fully saturated rings. The maximum Gasteiger partial charge on any atom is 0.321 e. The van der Waals surface area contributed by atoms with Crippen LogP contribution in [-0.4, -0.2) is 11.1 Å². The van der Waals surface area contributed by atoms with Crippen molar-refractivity contribution < 1.29 is 14.3 Å². The third kappa shape index (κ3) is 1.64. The van der Waals surface area contributed by atoms with Gasteiger partial charge in [0.2, 0.25) is 0 Å². The van der Waals surface area contributed by atoms with Crippen molar-refractivity contribution in [1.82, 2.24) is 0 Å². The van der Waals surface area contributed by atoms with E-state index in [9.17, 15) is 4.79 Å². The predicted molar refractivity (Wildman–Crippen MR) is 47.5 cm³/mol. The van der Waals surface area contributed by atoms with Crippen LogP contribution in [0.2, 0.25) is 0 Å². The number of carboxylic acids is 1. The van der Waals surface area contributed by atoms with Crippen LogP contribution >= 0.6 is 12.6 Å². The summed E-state index contributed by atoms with van der Waals surface area (Å²) in [5.41, 5.74) is 0.628.